The Morgan fingerprint density at radius 1 is 0.875 bits per heavy atom. The fourth-order valence-corrected chi connectivity index (χ4v) is 1.23. The van der Waals surface area contributed by atoms with Crippen molar-refractivity contribution in [2.75, 3.05) is 0 Å². The lowest BCUT2D eigenvalue weighted by molar-refractivity contribution is 0.674. The zero-order valence-electron chi connectivity index (χ0n) is 10.2. The zero-order valence-corrected chi connectivity index (χ0v) is 10.2. The smallest absolute Gasteiger partial charge is 0.0122 e. The van der Waals surface area contributed by atoms with E-state index in [-0.39, 0.29) is 0 Å². The molecule has 0 aliphatic carbocycles. The Bertz CT molecular complexity index is 282. The maximum Gasteiger partial charge on any atom is -0.0122 e. The van der Waals surface area contributed by atoms with Crippen LogP contribution < -0.4 is 0 Å². The molecule has 0 bridgehead atoms. The molecule has 0 spiro atoms. The summed E-state index contributed by atoms with van der Waals surface area (Å²) in [5, 5.41) is 0. The third kappa shape index (κ3) is 12.5. The molecular formula is C16H22. The van der Waals surface area contributed by atoms with Crippen molar-refractivity contribution in [1.82, 2.24) is 0 Å². The predicted octanol–water partition coefficient (Wildman–Crippen LogP) is 4.81. The molecule has 86 valence electrons. The summed E-state index contributed by atoms with van der Waals surface area (Å²) >= 11 is 0. The largest absolute Gasteiger partial charge is 0.115 e. The molecule has 0 aromatic heterocycles. The van der Waals surface area contributed by atoms with Crippen LogP contribution in [0.4, 0.5) is 0 Å². The van der Waals surface area contributed by atoms with Gasteiger partial charge in [0.1, 0.15) is 0 Å². The predicted molar refractivity (Wildman–Crippen MR) is 74.2 cm³/mol. The van der Waals surface area contributed by atoms with Gasteiger partial charge in [0.05, 0.1) is 0 Å². The van der Waals surface area contributed by atoms with E-state index < -0.39 is 0 Å². The molecule has 0 nitrogen and oxygen atoms in total. The van der Waals surface area contributed by atoms with Crippen LogP contribution in [0.3, 0.4) is 0 Å². The van der Waals surface area contributed by atoms with Crippen molar-refractivity contribution in [2.24, 2.45) is 0 Å². The summed E-state index contributed by atoms with van der Waals surface area (Å²) in [5.41, 5.74) is 0. The topological polar surface area (TPSA) is 0 Å². The molecule has 0 unspecified atom stereocenters. The summed E-state index contributed by atoms with van der Waals surface area (Å²) in [6, 6.07) is 0. The van der Waals surface area contributed by atoms with Gasteiger partial charge in [0.15, 0.2) is 0 Å². The van der Waals surface area contributed by atoms with Crippen molar-refractivity contribution in [3.63, 3.8) is 0 Å². The molecule has 0 radical (unpaired) electrons. The van der Waals surface area contributed by atoms with E-state index in [4.69, 9.17) is 6.42 Å². The first-order valence-corrected chi connectivity index (χ1v) is 6.03. The lowest BCUT2D eigenvalue weighted by atomic mass is 10.1. The number of hydrogen-bond donors (Lipinski definition) is 0. The lowest BCUT2D eigenvalue weighted by Crippen LogP contribution is -1.72. The van der Waals surface area contributed by atoms with Crippen LogP contribution in [0.15, 0.2) is 48.6 Å². The summed E-state index contributed by atoms with van der Waals surface area (Å²) in [7, 11) is 0. The molecule has 0 saturated carbocycles. The van der Waals surface area contributed by atoms with Crippen LogP contribution in [0.1, 0.15) is 39.0 Å². The Morgan fingerprint density at radius 3 is 2.25 bits per heavy atom. The van der Waals surface area contributed by atoms with Crippen molar-refractivity contribution in [3.8, 4) is 12.3 Å². The minimum atomic E-state index is 1.19. The molecule has 0 fully saturated rings. The van der Waals surface area contributed by atoms with E-state index in [2.05, 4.69) is 25.0 Å². The summed E-state index contributed by atoms with van der Waals surface area (Å²) in [6.45, 7) is 2.24. The van der Waals surface area contributed by atoms with Crippen LogP contribution in [0.5, 0.6) is 0 Å². The fraction of sp³-hybridized carbons (Fsp3) is 0.375. The molecule has 0 aliphatic heterocycles. The van der Waals surface area contributed by atoms with Gasteiger partial charge in [0, 0.05) is 0 Å². The summed E-state index contributed by atoms with van der Waals surface area (Å²) in [4.78, 5) is 0. The van der Waals surface area contributed by atoms with Gasteiger partial charge in [-0.15, -0.1) is 6.42 Å². The second-order valence-electron chi connectivity index (χ2n) is 3.57. The van der Waals surface area contributed by atoms with Crippen LogP contribution in [0, 0.1) is 12.3 Å². The van der Waals surface area contributed by atoms with Crippen LogP contribution in [-0.2, 0) is 0 Å². The van der Waals surface area contributed by atoms with E-state index in [1.165, 1.54) is 32.1 Å². The highest BCUT2D eigenvalue weighted by Crippen LogP contribution is 2.02. The lowest BCUT2D eigenvalue weighted by Gasteiger charge is -1.92. The third-order valence-electron chi connectivity index (χ3n) is 2.11. The van der Waals surface area contributed by atoms with Gasteiger partial charge in [0.25, 0.3) is 0 Å². The quantitative estimate of drug-likeness (QED) is 0.309. The Balaban J connectivity index is 3.45. The SMILES string of the molecule is C#C/C=C/C=C/C=C/C=C/CCCCCC. The molecule has 16 heavy (non-hydrogen) atoms. The normalized spacial score (nSPS) is 12.2. The Labute approximate surface area is 100 Å². The summed E-state index contributed by atoms with van der Waals surface area (Å²) in [6.07, 6.45) is 27.3. The molecule has 0 aliphatic rings. The van der Waals surface area contributed by atoms with Crippen molar-refractivity contribution in [1.29, 1.82) is 0 Å². The number of allylic oxidation sites excluding steroid dienone is 8. The summed E-state index contributed by atoms with van der Waals surface area (Å²) < 4.78 is 0. The van der Waals surface area contributed by atoms with Gasteiger partial charge in [0.2, 0.25) is 0 Å². The molecule has 0 heteroatoms. The van der Waals surface area contributed by atoms with Crippen molar-refractivity contribution in [2.45, 2.75) is 39.0 Å². The molecule has 0 aromatic rings. The van der Waals surface area contributed by atoms with Crippen LogP contribution in [-0.4, -0.2) is 0 Å². The molecule has 0 heterocycles. The first kappa shape index (κ1) is 14.5. The third-order valence-corrected chi connectivity index (χ3v) is 2.11. The van der Waals surface area contributed by atoms with Crippen molar-refractivity contribution >= 4 is 0 Å². The molecule has 0 amide bonds. The summed E-state index contributed by atoms with van der Waals surface area (Å²) in [5.74, 6) is 2.43. The van der Waals surface area contributed by atoms with Gasteiger partial charge in [-0.1, -0.05) is 74.6 Å². The maximum absolute atomic E-state index is 5.06. The van der Waals surface area contributed by atoms with Crippen LogP contribution in [0.2, 0.25) is 0 Å². The second-order valence-corrected chi connectivity index (χ2v) is 3.57. The van der Waals surface area contributed by atoms with Gasteiger partial charge >= 0.3 is 0 Å². The van der Waals surface area contributed by atoms with E-state index in [0.717, 1.165) is 0 Å². The van der Waals surface area contributed by atoms with Gasteiger partial charge in [-0.25, -0.2) is 0 Å². The van der Waals surface area contributed by atoms with Gasteiger partial charge in [-0.3, -0.25) is 0 Å². The molecule has 0 saturated heterocycles. The highest BCUT2D eigenvalue weighted by atomic mass is 13.9. The molecular weight excluding hydrogens is 192 g/mol. The highest BCUT2D eigenvalue weighted by molar-refractivity contribution is 5.19. The van der Waals surface area contributed by atoms with E-state index in [9.17, 15) is 0 Å². The van der Waals surface area contributed by atoms with Crippen LogP contribution in [0.25, 0.3) is 0 Å². The monoisotopic (exact) mass is 214 g/mol. The Kier molecular flexibility index (Phi) is 12.3. The van der Waals surface area contributed by atoms with Crippen molar-refractivity contribution in [3.05, 3.63) is 48.6 Å². The highest BCUT2D eigenvalue weighted by Gasteiger charge is 1.82. The van der Waals surface area contributed by atoms with E-state index in [1.807, 2.05) is 30.4 Å². The molecule has 0 atom stereocenters. The van der Waals surface area contributed by atoms with Crippen molar-refractivity contribution < 1.29 is 0 Å². The Morgan fingerprint density at radius 2 is 1.56 bits per heavy atom. The minimum absolute atomic E-state index is 1.19. The van der Waals surface area contributed by atoms with Gasteiger partial charge in [-0.05, 0) is 18.9 Å². The molecule has 0 rings (SSSR count). The first-order chi connectivity index (χ1) is 7.91. The van der Waals surface area contributed by atoms with E-state index in [0.29, 0.717) is 0 Å². The first-order valence-electron chi connectivity index (χ1n) is 6.03. The van der Waals surface area contributed by atoms with Gasteiger partial charge in [-0.2, -0.15) is 0 Å². The van der Waals surface area contributed by atoms with Gasteiger partial charge < -0.3 is 0 Å². The number of rotatable bonds is 8. The second kappa shape index (κ2) is 13.5. The standard InChI is InChI=1S/C16H22/c1-3-5-7-9-11-13-15-16-14-12-10-8-6-4-2/h1,5,7,9,11,13-16H,4,6,8,10,12H2,2H3/b7-5+,11-9+,15-13+,16-14+. The Hall–Kier alpha value is -1.48. The minimum Gasteiger partial charge on any atom is -0.115 e. The molecule has 0 aromatic carbocycles. The van der Waals surface area contributed by atoms with E-state index in [1.54, 1.807) is 6.08 Å². The van der Waals surface area contributed by atoms with Crippen LogP contribution >= 0.6 is 0 Å². The fourth-order valence-electron chi connectivity index (χ4n) is 1.23. The maximum atomic E-state index is 5.06. The number of terminal acetylenes is 1. The number of unbranched alkanes of at least 4 members (excludes halogenated alkanes) is 4. The molecule has 0 N–H and O–H groups in total. The number of hydrogen-bond acceptors (Lipinski definition) is 0. The average Bonchev–Trinajstić information content (AvgIpc) is 2.31. The van der Waals surface area contributed by atoms with E-state index >= 15 is 0 Å². The average molecular weight is 214 g/mol. The zero-order chi connectivity index (χ0) is 11.9.